The van der Waals surface area contributed by atoms with Crippen molar-refractivity contribution in [3.8, 4) is 0 Å². The topological polar surface area (TPSA) is 101 Å². The molecule has 2 rings (SSSR count). The smallest absolute Gasteiger partial charge is 0.279 e. The standard InChI is InChI=1S/C10H12N4O2S/c1-7-3-2-4-8(11)10(7)14-17(15,16)9-5-12-6-13-9/h2-6,14H,11H2,1H3,(H,12,13). The monoisotopic (exact) mass is 252 g/mol. The zero-order valence-electron chi connectivity index (χ0n) is 9.14. The first-order chi connectivity index (χ1) is 8.00. The lowest BCUT2D eigenvalue weighted by Gasteiger charge is -2.11. The van der Waals surface area contributed by atoms with Gasteiger partial charge in [0.2, 0.25) is 0 Å². The van der Waals surface area contributed by atoms with E-state index in [9.17, 15) is 8.42 Å². The molecule has 90 valence electrons. The summed E-state index contributed by atoms with van der Waals surface area (Å²) in [6.45, 7) is 1.78. The number of anilines is 2. The Morgan fingerprint density at radius 3 is 2.76 bits per heavy atom. The second-order valence-corrected chi connectivity index (χ2v) is 5.21. The quantitative estimate of drug-likeness (QED) is 0.712. The first-order valence-corrected chi connectivity index (χ1v) is 6.35. The predicted octanol–water partition coefficient (Wildman–Crippen LogP) is 1.10. The average molecular weight is 252 g/mol. The van der Waals surface area contributed by atoms with Crippen molar-refractivity contribution in [2.75, 3.05) is 10.5 Å². The first kappa shape index (κ1) is 11.5. The maximum absolute atomic E-state index is 11.9. The molecular weight excluding hydrogens is 240 g/mol. The number of aryl methyl sites for hydroxylation is 1. The molecule has 1 heterocycles. The highest BCUT2D eigenvalue weighted by atomic mass is 32.2. The van der Waals surface area contributed by atoms with Crippen LogP contribution in [0.2, 0.25) is 0 Å². The third kappa shape index (κ3) is 2.23. The third-order valence-electron chi connectivity index (χ3n) is 2.30. The number of aromatic nitrogens is 2. The van der Waals surface area contributed by atoms with Crippen LogP contribution in [-0.4, -0.2) is 18.4 Å². The largest absolute Gasteiger partial charge is 0.397 e. The fourth-order valence-electron chi connectivity index (χ4n) is 1.41. The van der Waals surface area contributed by atoms with Crippen LogP contribution in [0.5, 0.6) is 0 Å². The summed E-state index contributed by atoms with van der Waals surface area (Å²) in [5.41, 5.74) is 7.26. The van der Waals surface area contributed by atoms with Gasteiger partial charge in [0, 0.05) is 0 Å². The van der Waals surface area contributed by atoms with Crippen LogP contribution in [0.4, 0.5) is 11.4 Å². The number of hydrogen-bond acceptors (Lipinski definition) is 4. The summed E-state index contributed by atoms with van der Waals surface area (Å²) in [6, 6.07) is 5.18. The van der Waals surface area contributed by atoms with Crippen LogP contribution in [0.25, 0.3) is 0 Å². The molecule has 0 aliphatic heterocycles. The molecule has 0 aliphatic rings. The number of nitrogens with zero attached hydrogens (tertiary/aromatic N) is 1. The Bertz CT molecular complexity index is 600. The highest BCUT2D eigenvalue weighted by Crippen LogP contribution is 2.24. The Balaban J connectivity index is 2.40. The highest BCUT2D eigenvalue weighted by molar-refractivity contribution is 7.92. The molecule has 0 radical (unpaired) electrons. The van der Waals surface area contributed by atoms with E-state index in [0.717, 1.165) is 5.56 Å². The summed E-state index contributed by atoms with van der Waals surface area (Å²) in [4.78, 5) is 6.20. The van der Waals surface area contributed by atoms with E-state index in [4.69, 9.17) is 5.73 Å². The van der Waals surface area contributed by atoms with E-state index in [2.05, 4.69) is 14.7 Å². The molecule has 0 unspecified atom stereocenters. The van der Waals surface area contributed by atoms with Crippen LogP contribution in [0.3, 0.4) is 0 Å². The van der Waals surface area contributed by atoms with Gasteiger partial charge in [-0.2, -0.15) is 8.42 Å². The molecule has 1 aromatic carbocycles. The zero-order chi connectivity index (χ0) is 12.5. The van der Waals surface area contributed by atoms with Crippen LogP contribution in [0.1, 0.15) is 5.56 Å². The normalized spacial score (nSPS) is 11.4. The summed E-state index contributed by atoms with van der Waals surface area (Å²) in [6.07, 6.45) is 2.53. The minimum atomic E-state index is -3.66. The maximum Gasteiger partial charge on any atom is 0.279 e. The molecular formula is C10H12N4O2S. The van der Waals surface area contributed by atoms with Crippen LogP contribution in [-0.2, 0) is 10.0 Å². The Morgan fingerprint density at radius 1 is 1.41 bits per heavy atom. The SMILES string of the molecule is Cc1cccc(N)c1NS(=O)(=O)c1cnc[nH]1. The summed E-state index contributed by atoms with van der Waals surface area (Å²) in [7, 11) is -3.66. The molecule has 6 nitrogen and oxygen atoms in total. The van der Waals surface area contributed by atoms with Crippen molar-refractivity contribution in [3.05, 3.63) is 36.3 Å². The fraction of sp³-hybridized carbons (Fsp3) is 0.100. The summed E-state index contributed by atoms with van der Waals surface area (Å²) >= 11 is 0. The van der Waals surface area contributed by atoms with Crippen molar-refractivity contribution in [3.63, 3.8) is 0 Å². The summed E-state index contributed by atoms with van der Waals surface area (Å²) < 4.78 is 26.3. The molecule has 0 saturated heterocycles. The molecule has 0 aliphatic carbocycles. The zero-order valence-corrected chi connectivity index (χ0v) is 9.95. The van der Waals surface area contributed by atoms with Gasteiger partial charge >= 0.3 is 0 Å². The van der Waals surface area contributed by atoms with Gasteiger partial charge in [-0.05, 0) is 18.6 Å². The van der Waals surface area contributed by atoms with E-state index in [-0.39, 0.29) is 5.03 Å². The van der Waals surface area contributed by atoms with Crippen molar-refractivity contribution < 1.29 is 8.42 Å². The molecule has 0 atom stereocenters. The van der Waals surface area contributed by atoms with Crippen LogP contribution < -0.4 is 10.5 Å². The Hall–Kier alpha value is -2.02. The van der Waals surface area contributed by atoms with Gasteiger partial charge in [-0.25, -0.2) is 4.98 Å². The molecule has 2 aromatic rings. The van der Waals surface area contributed by atoms with Crippen LogP contribution >= 0.6 is 0 Å². The number of H-pyrrole nitrogens is 1. The average Bonchev–Trinajstić information content (AvgIpc) is 2.77. The minimum Gasteiger partial charge on any atom is -0.397 e. The van der Waals surface area contributed by atoms with Crippen molar-refractivity contribution in [2.24, 2.45) is 0 Å². The first-order valence-electron chi connectivity index (χ1n) is 4.87. The maximum atomic E-state index is 11.9. The number of nitrogen functional groups attached to an aromatic ring is 1. The number of nitrogens with two attached hydrogens (primary N) is 1. The number of hydrogen-bond donors (Lipinski definition) is 3. The van der Waals surface area contributed by atoms with Crippen molar-refractivity contribution in [2.45, 2.75) is 11.9 Å². The van der Waals surface area contributed by atoms with Gasteiger partial charge in [-0.3, -0.25) is 4.72 Å². The van der Waals surface area contributed by atoms with Gasteiger partial charge in [0.15, 0.2) is 5.03 Å². The fourth-order valence-corrected chi connectivity index (χ4v) is 2.47. The number of imidazole rings is 1. The molecule has 0 spiro atoms. The molecule has 0 fully saturated rings. The molecule has 1 aromatic heterocycles. The van der Waals surface area contributed by atoms with Crippen molar-refractivity contribution in [1.82, 2.24) is 9.97 Å². The second-order valence-electron chi connectivity index (χ2n) is 3.56. The lowest BCUT2D eigenvalue weighted by molar-refractivity contribution is 0.598. The second kappa shape index (κ2) is 4.10. The molecule has 0 amide bonds. The third-order valence-corrected chi connectivity index (χ3v) is 3.58. The lowest BCUT2D eigenvalue weighted by Crippen LogP contribution is -2.15. The molecule has 7 heteroatoms. The van der Waals surface area contributed by atoms with E-state index in [1.165, 1.54) is 12.5 Å². The Morgan fingerprint density at radius 2 is 2.18 bits per heavy atom. The summed E-state index contributed by atoms with van der Waals surface area (Å²) in [5.74, 6) is 0. The van der Waals surface area contributed by atoms with Crippen molar-refractivity contribution in [1.29, 1.82) is 0 Å². The number of para-hydroxylation sites is 1. The van der Waals surface area contributed by atoms with Crippen molar-refractivity contribution >= 4 is 21.4 Å². The van der Waals surface area contributed by atoms with E-state index >= 15 is 0 Å². The molecule has 0 bridgehead atoms. The van der Waals surface area contributed by atoms with Crippen LogP contribution in [0, 0.1) is 6.92 Å². The van der Waals surface area contributed by atoms with E-state index in [1.807, 2.05) is 0 Å². The molecule has 0 saturated carbocycles. The molecule has 4 N–H and O–H groups in total. The number of sulfonamides is 1. The van der Waals surface area contributed by atoms with Gasteiger partial charge in [0.05, 0.1) is 23.9 Å². The van der Waals surface area contributed by atoms with Gasteiger partial charge in [-0.15, -0.1) is 0 Å². The van der Waals surface area contributed by atoms with E-state index in [1.54, 1.807) is 25.1 Å². The number of nitrogens with one attached hydrogen (secondary N) is 2. The number of rotatable bonds is 3. The number of aromatic amines is 1. The van der Waals surface area contributed by atoms with E-state index in [0.29, 0.717) is 11.4 Å². The Kier molecular flexibility index (Phi) is 2.76. The van der Waals surface area contributed by atoms with E-state index < -0.39 is 10.0 Å². The predicted molar refractivity (Wildman–Crippen MR) is 65.0 cm³/mol. The van der Waals surface area contributed by atoms with Gasteiger partial charge in [0.1, 0.15) is 0 Å². The highest BCUT2D eigenvalue weighted by Gasteiger charge is 2.17. The lowest BCUT2D eigenvalue weighted by atomic mass is 10.2. The van der Waals surface area contributed by atoms with Gasteiger partial charge in [-0.1, -0.05) is 12.1 Å². The molecule has 17 heavy (non-hydrogen) atoms. The van der Waals surface area contributed by atoms with Gasteiger partial charge in [0.25, 0.3) is 10.0 Å². The minimum absolute atomic E-state index is 0.000142. The Labute approximate surface area is 98.9 Å². The summed E-state index contributed by atoms with van der Waals surface area (Å²) in [5, 5.41) is 0.000142. The number of benzene rings is 1. The van der Waals surface area contributed by atoms with Gasteiger partial charge < -0.3 is 10.7 Å². The van der Waals surface area contributed by atoms with Crippen LogP contribution in [0.15, 0.2) is 35.7 Å².